The van der Waals surface area contributed by atoms with Gasteiger partial charge in [-0.2, -0.15) is 0 Å². The Labute approximate surface area is 69.1 Å². The van der Waals surface area contributed by atoms with Crippen molar-refractivity contribution in [1.82, 2.24) is 9.97 Å². The van der Waals surface area contributed by atoms with Gasteiger partial charge < -0.3 is 4.74 Å². The van der Waals surface area contributed by atoms with Gasteiger partial charge in [0.2, 0.25) is 12.0 Å². The fourth-order valence-electron chi connectivity index (χ4n) is 0.787. The summed E-state index contributed by atoms with van der Waals surface area (Å²) in [6.45, 7) is 1.72. The molecule has 0 saturated heterocycles. The van der Waals surface area contributed by atoms with E-state index in [4.69, 9.17) is 4.74 Å². The summed E-state index contributed by atoms with van der Waals surface area (Å²) < 4.78 is 4.89. The summed E-state index contributed by atoms with van der Waals surface area (Å²) in [6, 6.07) is 0. The van der Waals surface area contributed by atoms with Crippen LogP contribution in [-0.4, -0.2) is 23.2 Å². The Kier molecular flexibility index (Phi) is 2.50. The van der Waals surface area contributed by atoms with Crippen LogP contribution in [-0.2, 0) is 4.79 Å². The molecule has 1 aromatic heterocycles. The van der Waals surface area contributed by atoms with Crippen LogP contribution in [0.4, 0.5) is 5.82 Å². The molecule has 0 aliphatic carbocycles. The first kappa shape index (κ1) is 8.36. The highest BCUT2D eigenvalue weighted by Gasteiger charge is 2.04. The van der Waals surface area contributed by atoms with Crippen molar-refractivity contribution in [3.05, 3.63) is 11.9 Å². The van der Waals surface area contributed by atoms with Crippen molar-refractivity contribution < 1.29 is 9.53 Å². The highest BCUT2D eigenvalue weighted by Crippen LogP contribution is 2.21. The molecule has 1 heterocycles. The molecule has 0 spiro atoms. The van der Waals surface area contributed by atoms with Crippen molar-refractivity contribution in [3.8, 4) is 5.88 Å². The first-order valence-electron chi connectivity index (χ1n) is 3.23. The van der Waals surface area contributed by atoms with E-state index in [1.807, 2.05) is 0 Å². The molecule has 0 aliphatic rings. The van der Waals surface area contributed by atoms with Crippen molar-refractivity contribution in [1.29, 1.82) is 0 Å². The maximum Gasteiger partial charge on any atom is 0.242 e. The Morgan fingerprint density at radius 3 is 2.92 bits per heavy atom. The summed E-state index contributed by atoms with van der Waals surface area (Å²) in [6.07, 6.45) is 2.69. The van der Waals surface area contributed by atoms with Crippen molar-refractivity contribution in [2.75, 3.05) is 7.11 Å². The Morgan fingerprint density at radius 1 is 1.58 bits per heavy atom. The maximum absolute atomic E-state index is 9.93. The van der Waals surface area contributed by atoms with Gasteiger partial charge >= 0.3 is 0 Å². The summed E-state index contributed by atoms with van der Waals surface area (Å²) >= 11 is 0. The third-order valence-electron chi connectivity index (χ3n) is 1.36. The highest BCUT2D eigenvalue weighted by atomic mass is 16.5. The average molecular weight is 165 g/mol. The Balaban J connectivity index is 3.22. The molecule has 0 bridgehead atoms. The van der Waals surface area contributed by atoms with Crippen LogP contribution in [0.2, 0.25) is 0 Å². The van der Waals surface area contributed by atoms with Crippen molar-refractivity contribution >= 4 is 11.9 Å². The minimum atomic E-state index is 0.289. The van der Waals surface area contributed by atoms with Gasteiger partial charge in [0.15, 0.2) is 5.82 Å². The zero-order chi connectivity index (χ0) is 8.97. The predicted molar refractivity (Wildman–Crippen MR) is 41.1 cm³/mol. The van der Waals surface area contributed by atoms with E-state index in [0.717, 1.165) is 0 Å². The smallest absolute Gasteiger partial charge is 0.242 e. The van der Waals surface area contributed by atoms with Gasteiger partial charge in [0.05, 0.1) is 12.7 Å². The molecule has 0 atom stereocenters. The van der Waals surface area contributed by atoms with E-state index < -0.39 is 0 Å². The van der Waals surface area contributed by atoms with Crippen LogP contribution in [0.1, 0.15) is 5.56 Å². The molecule has 0 fully saturated rings. The number of ether oxygens (including phenoxy) is 1. The molecule has 62 valence electrons. The van der Waals surface area contributed by atoms with E-state index in [9.17, 15) is 4.79 Å². The first-order valence-corrected chi connectivity index (χ1v) is 3.23. The molecule has 0 radical (unpaired) electrons. The highest BCUT2D eigenvalue weighted by molar-refractivity contribution is 5.50. The Morgan fingerprint density at radius 2 is 2.33 bits per heavy atom. The van der Waals surface area contributed by atoms with E-state index >= 15 is 0 Å². The molecule has 0 amide bonds. The topological polar surface area (TPSA) is 64.4 Å². The van der Waals surface area contributed by atoms with Crippen molar-refractivity contribution in [3.63, 3.8) is 0 Å². The minimum absolute atomic E-state index is 0.289. The number of isocyanates is 1. The second kappa shape index (κ2) is 3.59. The van der Waals surface area contributed by atoms with E-state index in [2.05, 4.69) is 15.0 Å². The van der Waals surface area contributed by atoms with E-state index in [0.29, 0.717) is 11.4 Å². The standard InChI is InChI=1S/C7H7N3O2/c1-5-6(10-4-11)8-3-9-7(5)12-2/h3H,1-2H3. The van der Waals surface area contributed by atoms with E-state index in [-0.39, 0.29) is 5.82 Å². The SMILES string of the molecule is COc1ncnc(N=C=O)c1C. The summed E-state index contributed by atoms with van der Waals surface area (Å²) in [5.74, 6) is 0.704. The number of aromatic nitrogens is 2. The van der Waals surface area contributed by atoms with Gasteiger partial charge in [0, 0.05) is 0 Å². The lowest BCUT2D eigenvalue weighted by molar-refractivity contribution is 0.393. The van der Waals surface area contributed by atoms with E-state index in [1.54, 1.807) is 6.92 Å². The Hall–Kier alpha value is -1.74. The lowest BCUT2D eigenvalue weighted by Gasteiger charge is -2.01. The maximum atomic E-state index is 9.93. The number of hydrogen-bond donors (Lipinski definition) is 0. The summed E-state index contributed by atoms with van der Waals surface area (Å²) in [5, 5.41) is 0. The number of carbonyl (C=O) groups excluding carboxylic acids is 1. The molecule has 0 N–H and O–H groups in total. The second-order valence-corrected chi connectivity index (χ2v) is 2.03. The predicted octanol–water partition coefficient (Wildman–Crippen LogP) is 0.761. The molecule has 12 heavy (non-hydrogen) atoms. The fraction of sp³-hybridized carbons (Fsp3) is 0.286. The zero-order valence-corrected chi connectivity index (χ0v) is 6.74. The van der Waals surface area contributed by atoms with Crippen LogP contribution in [0.25, 0.3) is 0 Å². The largest absolute Gasteiger partial charge is 0.481 e. The molecular weight excluding hydrogens is 158 g/mol. The number of aliphatic imine (C=N–C) groups is 1. The van der Waals surface area contributed by atoms with Gasteiger partial charge in [-0.1, -0.05) is 0 Å². The van der Waals surface area contributed by atoms with Gasteiger partial charge in [-0.25, -0.2) is 14.8 Å². The average Bonchev–Trinajstić information content (AvgIpc) is 2.09. The number of hydrogen-bond acceptors (Lipinski definition) is 5. The lowest BCUT2D eigenvalue weighted by Crippen LogP contribution is -1.92. The quantitative estimate of drug-likeness (QED) is 0.479. The molecule has 1 rings (SSSR count). The van der Waals surface area contributed by atoms with Gasteiger partial charge in [-0.3, -0.25) is 0 Å². The molecular formula is C7H7N3O2. The van der Waals surface area contributed by atoms with E-state index in [1.165, 1.54) is 19.5 Å². The van der Waals surface area contributed by atoms with Crippen LogP contribution in [0.3, 0.4) is 0 Å². The summed E-state index contributed by atoms with van der Waals surface area (Å²) in [5.41, 5.74) is 0.628. The van der Waals surface area contributed by atoms with Gasteiger partial charge in [0.25, 0.3) is 0 Å². The molecule has 1 aromatic rings. The molecule has 5 nitrogen and oxygen atoms in total. The summed E-state index contributed by atoms with van der Waals surface area (Å²) in [7, 11) is 1.49. The van der Waals surface area contributed by atoms with Gasteiger partial charge in [-0.05, 0) is 6.92 Å². The third kappa shape index (κ3) is 1.46. The number of methoxy groups -OCH3 is 1. The lowest BCUT2D eigenvalue weighted by atomic mass is 10.3. The normalized spacial score (nSPS) is 8.83. The van der Waals surface area contributed by atoms with Crippen LogP contribution < -0.4 is 4.74 Å². The third-order valence-corrected chi connectivity index (χ3v) is 1.36. The first-order chi connectivity index (χ1) is 5.79. The van der Waals surface area contributed by atoms with Crippen LogP contribution >= 0.6 is 0 Å². The van der Waals surface area contributed by atoms with Gasteiger partial charge in [0.1, 0.15) is 6.33 Å². The Bertz CT molecular complexity index is 331. The van der Waals surface area contributed by atoms with Crippen molar-refractivity contribution in [2.45, 2.75) is 6.92 Å². The zero-order valence-electron chi connectivity index (χ0n) is 6.74. The van der Waals surface area contributed by atoms with Crippen LogP contribution in [0.5, 0.6) is 5.88 Å². The van der Waals surface area contributed by atoms with Crippen LogP contribution in [0.15, 0.2) is 11.3 Å². The monoisotopic (exact) mass is 165 g/mol. The molecule has 0 aromatic carbocycles. The molecule has 0 unspecified atom stereocenters. The fourth-order valence-corrected chi connectivity index (χ4v) is 0.787. The van der Waals surface area contributed by atoms with Crippen molar-refractivity contribution in [2.24, 2.45) is 4.99 Å². The van der Waals surface area contributed by atoms with Gasteiger partial charge in [-0.15, -0.1) is 4.99 Å². The number of nitrogens with zero attached hydrogens (tertiary/aromatic N) is 3. The second-order valence-electron chi connectivity index (χ2n) is 2.03. The van der Waals surface area contributed by atoms with Crippen LogP contribution in [0, 0.1) is 6.92 Å². The summed E-state index contributed by atoms with van der Waals surface area (Å²) in [4.78, 5) is 20.9. The molecule has 0 aliphatic heterocycles. The molecule has 5 heteroatoms. The minimum Gasteiger partial charge on any atom is -0.481 e. The molecule has 0 saturated carbocycles. The number of rotatable bonds is 2.